The summed E-state index contributed by atoms with van der Waals surface area (Å²) in [5.41, 5.74) is 2.33. The Morgan fingerprint density at radius 2 is 1.85 bits per heavy atom. The predicted octanol–water partition coefficient (Wildman–Crippen LogP) is 5.09. The minimum Gasteiger partial charge on any atom is -0.336 e. The average molecular weight is 383 g/mol. The second kappa shape index (κ2) is 8.51. The molecule has 0 spiro atoms. The van der Waals surface area contributed by atoms with Gasteiger partial charge in [0.2, 0.25) is 5.82 Å². The molecule has 0 aliphatic carbocycles. The van der Waals surface area contributed by atoms with Crippen molar-refractivity contribution in [2.45, 2.75) is 19.9 Å². The number of amides is 2. The van der Waals surface area contributed by atoms with Crippen molar-refractivity contribution in [3.63, 3.8) is 0 Å². The molecule has 27 heavy (non-hydrogen) atoms. The smallest absolute Gasteiger partial charge is 0.319 e. The number of hydrogen-bond acceptors (Lipinski definition) is 4. The van der Waals surface area contributed by atoms with Crippen LogP contribution in [0.3, 0.4) is 0 Å². The van der Waals surface area contributed by atoms with Gasteiger partial charge in [-0.15, -0.1) is 0 Å². The van der Waals surface area contributed by atoms with Crippen LogP contribution < -0.4 is 10.6 Å². The fraction of sp³-hybridized carbons (Fsp3) is 0.150. The topological polar surface area (TPSA) is 80.0 Å². The van der Waals surface area contributed by atoms with E-state index >= 15 is 0 Å². The van der Waals surface area contributed by atoms with Crippen molar-refractivity contribution in [1.82, 2.24) is 15.5 Å². The molecular formula is C20H19ClN4O2. The highest BCUT2D eigenvalue weighted by Crippen LogP contribution is 2.21. The summed E-state index contributed by atoms with van der Waals surface area (Å²) in [6, 6.07) is 14.5. The van der Waals surface area contributed by atoms with Crippen molar-refractivity contribution in [3.05, 3.63) is 65.0 Å². The summed E-state index contributed by atoms with van der Waals surface area (Å²) in [6.45, 7) is 3.80. The zero-order chi connectivity index (χ0) is 19.2. The number of urea groups is 1. The van der Waals surface area contributed by atoms with Crippen molar-refractivity contribution in [3.8, 4) is 11.4 Å². The van der Waals surface area contributed by atoms with Gasteiger partial charge in [-0.1, -0.05) is 35.0 Å². The summed E-state index contributed by atoms with van der Waals surface area (Å²) in [5.74, 6) is 0.843. The fourth-order valence-corrected chi connectivity index (χ4v) is 2.52. The van der Waals surface area contributed by atoms with Crippen molar-refractivity contribution in [2.75, 3.05) is 5.32 Å². The number of benzene rings is 2. The van der Waals surface area contributed by atoms with Crippen LogP contribution in [0.15, 0.2) is 53.1 Å². The van der Waals surface area contributed by atoms with Crippen LogP contribution >= 0.6 is 11.6 Å². The molecule has 0 aliphatic heterocycles. The minimum absolute atomic E-state index is 0.0702. The number of nitrogens with zero attached hydrogens (tertiary/aromatic N) is 2. The Bertz CT molecular complexity index is 949. The Kier molecular flexibility index (Phi) is 5.88. The Balaban J connectivity index is 1.67. The number of rotatable bonds is 5. The molecule has 1 aromatic heterocycles. The minimum atomic E-state index is -0.246. The van der Waals surface area contributed by atoms with Crippen LogP contribution in [0.4, 0.5) is 10.5 Å². The molecule has 2 N–H and O–H groups in total. The van der Waals surface area contributed by atoms with E-state index in [2.05, 4.69) is 20.8 Å². The average Bonchev–Trinajstić information content (AvgIpc) is 3.10. The number of aromatic nitrogens is 2. The van der Waals surface area contributed by atoms with Gasteiger partial charge in [-0.05, 0) is 55.8 Å². The molecule has 138 valence electrons. The monoisotopic (exact) mass is 382 g/mol. The van der Waals surface area contributed by atoms with Crippen LogP contribution in [-0.2, 0) is 0 Å². The van der Waals surface area contributed by atoms with Crippen molar-refractivity contribution >= 4 is 35.5 Å². The van der Waals surface area contributed by atoms with Gasteiger partial charge in [-0.2, -0.15) is 4.98 Å². The van der Waals surface area contributed by atoms with E-state index in [4.69, 9.17) is 16.1 Å². The summed E-state index contributed by atoms with van der Waals surface area (Å²) in [7, 11) is 0. The lowest BCUT2D eigenvalue weighted by Crippen LogP contribution is -2.34. The molecule has 6 nitrogen and oxygen atoms in total. The molecule has 0 atom stereocenters. The maximum absolute atomic E-state index is 11.7. The maximum Gasteiger partial charge on any atom is 0.319 e. The van der Waals surface area contributed by atoms with E-state index in [1.165, 1.54) is 0 Å². The second-order valence-corrected chi connectivity index (χ2v) is 6.55. The first-order valence-corrected chi connectivity index (χ1v) is 8.83. The Morgan fingerprint density at radius 1 is 1.11 bits per heavy atom. The molecule has 0 fully saturated rings. The third-order valence-electron chi connectivity index (χ3n) is 3.57. The van der Waals surface area contributed by atoms with Crippen molar-refractivity contribution in [1.29, 1.82) is 0 Å². The highest BCUT2D eigenvalue weighted by atomic mass is 35.5. The lowest BCUT2D eigenvalue weighted by atomic mass is 10.2. The molecule has 3 rings (SSSR count). The highest BCUT2D eigenvalue weighted by molar-refractivity contribution is 6.32. The standard InChI is InChI=1S/C20H19ClN4O2/c1-13(2)22-20(26)23-16-10-7-15(8-11-16)19-24-18(27-25-19)12-9-14-5-3-4-6-17(14)21/h3-13H,1-2H3,(H2,22,23,26). The van der Waals surface area contributed by atoms with Gasteiger partial charge in [0.1, 0.15) is 0 Å². The predicted molar refractivity (Wildman–Crippen MR) is 107 cm³/mol. The van der Waals surface area contributed by atoms with E-state index in [0.29, 0.717) is 22.4 Å². The quantitative estimate of drug-likeness (QED) is 0.644. The number of anilines is 1. The molecule has 7 heteroatoms. The molecular weight excluding hydrogens is 364 g/mol. The largest absolute Gasteiger partial charge is 0.336 e. The van der Waals surface area contributed by atoms with E-state index in [1.807, 2.05) is 56.3 Å². The van der Waals surface area contributed by atoms with Gasteiger partial charge < -0.3 is 15.2 Å². The third-order valence-corrected chi connectivity index (χ3v) is 3.92. The van der Waals surface area contributed by atoms with Crippen LogP contribution in [0.5, 0.6) is 0 Å². The first kappa shape index (κ1) is 18.7. The van der Waals surface area contributed by atoms with Gasteiger partial charge in [0, 0.05) is 28.4 Å². The van der Waals surface area contributed by atoms with Gasteiger partial charge >= 0.3 is 6.03 Å². The maximum atomic E-state index is 11.7. The molecule has 2 aromatic carbocycles. The summed E-state index contributed by atoms with van der Waals surface area (Å²) < 4.78 is 5.25. The van der Waals surface area contributed by atoms with E-state index in [1.54, 1.807) is 18.2 Å². The zero-order valence-corrected chi connectivity index (χ0v) is 15.7. The van der Waals surface area contributed by atoms with Gasteiger partial charge in [-0.3, -0.25) is 0 Å². The van der Waals surface area contributed by atoms with Crippen LogP contribution in [0.1, 0.15) is 25.3 Å². The first-order valence-electron chi connectivity index (χ1n) is 8.45. The highest BCUT2D eigenvalue weighted by Gasteiger charge is 2.08. The molecule has 2 amide bonds. The molecule has 1 heterocycles. The lowest BCUT2D eigenvalue weighted by Gasteiger charge is -2.10. The Hall–Kier alpha value is -3.12. The van der Waals surface area contributed by atoms with E-state index in [-0.39, 0.29) is 12.1 Å². The van der Waals surface area contributed by atoms with Crippen LogP contribution in [-0.4, -0.2) is 22.2 Å². The zero-order valence-electron chi connectivity index (χ0n) is 14.9. The number of carbonyl (C=O) groups excluding carboxylic acids is 1. The fourth-order valence-electron chi connectivity index (χ4n) is 2.32. The SMILES string of the molecule is CC(C)NC(=O)Nc1ccc(-c2noc(C=Cc3ccccc3Cl)n2)cc1. The van der Waals surface area contributed by atoms with Gasteiger partial charge in [0.25, 0.3) is 5.89 Å². The van der Waals surface area contributed by atoms with Gasteiger partial charge in [-0.25, -0.2) is 4.79 Å². The Morgan fingerprint density at radius 3 is 2.56 bits per heavy atom. The molecule has 0 unspecified atom stereocenters. The summed E-state index contributed by atoms with van der Waals surface area (Å²) in [4.78, 5) is 16.1. The summed E-state index contributed by atoms with van der Waals surface area (Å²) in [6.07, 6.45) is 3.53. The molecule has 3 aromatic rings. The Labute approximate surface area is 162 Å². The number of hydrogen-bond donors (Lipinski definition) is 2. The molecule has 0 saturated heterocycles. The molecule has 0 saturated carbocycles. The first-order chi connectivity index (χ1) is 13.0. The van der Waals surface area contributed by atoms with E-state index in [9.17, 15) is 4.79 Å². The number of carbonyl (C=O) groups is 1. The lowest BCUT2D eigenvalue weighted by molar-refractivity contribution is 0.250. The summed E-state index contributed by atoms with van der Waals surface area (Å²) >= 11 is 6.12. The summed E-state index contributed by atoms with van der Waals surface area (Å²) in [5, 5.41) is 10.2. The van der Waals surface area contributed by atoms with Crippen molar-refractivity contribution in [2.24, 2.45) is 0 Å². The van der Waals surface area contributed by atoms with E-state index < -0.39 is 0 Å². The molecule has 0 bridgehead atoms. The number of nitrogens with one attached hydrogen (secondary N) is 2. The van der Waals surface area contributed by atoms with Crippen molar-refractivity contribution < 1.29 is 9.32 Å². The van der Waals surface area contributed by atoms with Gasteiger partial charge in [0.15, 0.2) is 0 Å². The molecule has 0 radical (unpaired) electrons. The number of halogens is 1. The van der Waals surface area contributed by atoms with Crippen LogP contribution in [0.25, 0.3) is 23.5 Å². The van der Waals surface area contributed by atoms with Crippen LogP contribution in [0.2, 0.25) is 5.02 Å². The van der Waals surface area contributed by atoms with Crippen LogP contribution in [0, 0.1) is 0 Å². The normalized spacial score (nSPS) is 11.1. The molecule has 0 aliphatic rings. The third kappa shape index (κ3) is 5.18. The second-order valence-electron chi connectivity index (χ2n) is 6.14. The van der Waals surface area contributed by atoms with Gasteiger partial charge in [0.05, 0.1) is 0 Å². The van der Waals surface area contributed by atoms with E-state index in [0.717, 1.165) is 11.1 Å².